The lowest BCUT2D eigenvalue weighted by Crippen LogP contribution is -2.19. The number of amides is 1. The quantitative estimate of drug-likeness (QED) is 0.804. The predicted molar refractivity (Wildman–Crippen MR) is 85.3 cm³/mol. The SMILES string of the molecule is Cc1ccc(-c2cn(CC(=O)Nc3ccccc3)nn2)cc1. The van der Waals surface area contributed by atoms with Crippen LogP contribution in [0.2, 0.25) is 0 Å². The van der Waals surface area contributed by atoms with Gasteiger partial charge in [0.15, 0.2) is 0 Å². The fourth-order valence-corrected chi connectivity index (χ4v) is 2.10. The van der Waals surface area contributed by atoms with Crippen molar-refractivity contribution in [2.24, 2.45) is 0 Å². The lowest BCUT2D eigenvalue weighted by atomic mass is 10.1. The molecule has 1 N–H and O–H groups in total. The lowest BCUT2D eigenvalue weighted by Gasteiger charge is -2.04. The molecule has 0 aliphatic carbocycles. The standard InChI is InChI=1S/C17H16N4O/c1-13-7-9-14(10-8-13)16-11-21(20-19-16)12-17(22)18-15-5-3-2-4-6-15/h2-11H,12H2,1H3,(H,18,22). The smallest absolute Gasteiger partial charge is 0.246 e. The van der Waals surface area contributed by atoms with E-state index in [1.54, 1.807) is 6.20 Å². The summed E-state index contributed by atoms with van der Waals surface area (Å²) in [5, 5.41) is 10.9. The Kier molecular flexibility index (Phi) is 3.96. The highest BCUT2D eigenvalue weighted by Gasteiger charge is 2.07. The van der Waals surface area contributed by atoms with Crippen molar-refractivity contribution in [2.45, 2.75) is 13.5 Å². The third-order valence-electron chi connectivity index (χ3n) is 3.25. The molecule has 2 aromatic carbocycles. The van der Waals surface area contributed by atoms with Gasteiger partial charge in [0.25, 0.3) is 0 Å². The molecule has 0 atom stereocenters. The molecule has 22 heavy (non-hydrogen) atoms. The van der Waals surface area contributed by atoms with E-state index in [1.807, 2.05) is 61.5 Å². The molecular weight excluding hydrogens is 276 g/mol. The van der Waals surface area contributed by atoms with Crippen molar-refractivity contribution < 1.29 is 4.79 Å². The molecular formula is C17H16N4O. The first-order valence-electron chi connectivity index (χ1n) is 7.03. The van der Waals surface area contributed by atoms with Crippen molar-refractivity contribution in [2.75, 3.05) is 5.32 Å². The molecule has 0 unspecified atom stereocenters. The molecule has 0 aliphatic rings. The molecule has 1 amide bonds. The summed E-state index contributed by atoms with van der Waals surface area (Å²) in [7, 11) is 0. The molecule has 3 rings (SSSR count). The number of carbonyl (C=O) groups excluding carboxylic acids is 1. The number of hydrogen-bond donors (Lipinski definition) is 1. The van der Waals surface area contributed by atoms with Gasteiger partial charge >= 0.3 is 0 Å². The van der Waals surface area contributed by atoms with Crippen LogP contribution in [0.5, 0.6) is 0 Å². The number of nitrogens with zero attached hydrogens (tertiary/aromatic N) is 3. The van der Waals surface area contributed by atoms with Crippen LogP contribution in [0.25, 0.3) is 11.3 Å². The van der Waals surface area contributed by atoms with Crippen molar-refractivity contribution in [1.29, 1.82) is 0 Å². The highest BCUT2D eigenvalue weighted by atomic mass is 16.2. The van der Waals surface area contributed by atoms with Gasteiger partial charge in [0.2, 0.25) is 5.91 Å². The normalized spacial score (nSPS) is 10.4. The summed E-state index contributed by atoms with van der Waals surface area (Å²) in [6.45, 7) is 2.17. The molecule has 0 saturated heterocycles. The number of aryl methyl sites for hydroxylation is 1. The number of para-hydroxylation sites is 1. The summed E-state index contributed by atoms with van der Waals surface area (Å²) in [4.78, 5) is 12.0. The van der Waals surface area contributed by atoms with E-state index in [2.05, 4.69) is 15.6 Å². The summed E-state index contributed by atoms with van der Waals surface area (Å²) in [6.07, 6.45) is 1.77. The molecule has 110 valence electrons. The first-order valence-corrected chi connectivity index (χ1v) is 7.03. The van der Waals surface area contributed by atoms with E-state index in [9.17, 15) is 4.79 Å². The van der Waals surface area contributed by atoms with Crippen LogP contribution in [-0.2, 0) is 11.3 Å². The van der Waals surface area contributed by atoms with Crippen molar-refractivity contribution in [3.8, 4) is 11.3 Å². The molecule has 0 saturated carbocycles. The molecule has 1 aromatic heterocycles. The van der Waals surface area contributed by atoms with Gasteiger partial charge in [-0.15, -0.1) is 5.10 Å². The van der Waals surface area contributed by atoms with Gasteiger partial charge in [0, 0.05) is 11.3 Å². The largest absolute Gasteiger partial charge is 0.324 e. The number of hydrogen-bond acceptors (Lipinski definition) is 3. The lowest BCUT2D eigenvalue weighted by molar-refractivity contribution is -0.116. The molecule has 0 radical (unpaired) electrons. The van der Waals surface area contributed by atoms with Crippen molar-refractivity contribution in [1.82, 2.24) is 15.0 Å². The van der Waals surface area contributed by atoms with Crippen molar-refractivity contribution in [3.63, 3.8) is 0 Å². The molecule has 0 aliphatic heterocycles. The van der Waals surface area contributed by atoms with Gasteiger partial charge in [-0.1, -0.05) is 53.2 Å². The van der Waals surface area contributed by atoms with Crippen LogP contribution >= 0.6 is 0 Å². The van der Waals surface area contributed by atoms with E-state index in [4.69, 9.17) is 0 Å². The average Bonchev–Trinajstić information content (AvgIpc) is 2.97. The molecule has 0 spiro atoms. The number of carbonyl (C=O) groups is 1. The maximum Gasteiger partial charge on any atom is 0.246 e. The predicted octanol–water partition coefficient (Wildman–Crippen LogP) is 2.89. The first kappa shape index (κ1) is 14.0. The Labute approximate surface area is 128 Å². The van der Waals surface area contributed by atoms with Crippen LogP contribution in [0.1, 0.15) is 5.56 Å². The van der Waals surface area contributed by atoms with Gasteiger partial charge in [0.1, 0.15) is 12.2 Å². The number of rotatable bonds is 4. The van der Waals surface area contributed by atoms with Gasteiger partial charge in [0.05, 0.1) is 6.20 Å². The molecule has 0 bridgehead atoms. The van der Waals surface area contributed by atoms with Crippen LogP contribution in [0.15, 0.2) is 60.8 Å². The van der Waals surface area contributed by atoms with Crippen LogP contribution in [0.3, 0.4) is 0 Å². The number of benzene rings is 2. The van der Waals surface area contributed by atoms with Crippen LogP contribution in [0.4, 0.5) is 5.69 Å². The Morgan fingerprint density at radius 3 is 2.55 bits per heavy atom. The minimum atomic E-state index is -0.133. The summed E-state index contributed by atoms with van der Waals surface area (Å²) in [5.41, 5.74) is 3.71. The molecule has 3 aromatic rings. The monoisotopic (exact) mass is 292 g/mol. The zero-order chi connectivity index (χ0) is 15.4. The van der Waals surface area contributed by atoms with E-state index >= 15 is 0 Å². The minimum absolute atomic E-state index is 0.133. The van der Waals surface area contributed by atoms with Crippen LogP contribution < -0.4 is 5.32 Å². The van der Waals surface area contributed by atoms with Crippen molar-refractivity contribution in [3.05, 3.63) is 66.4 Å². The topological polar surface area (TPSA) is 59.8 Å². The second kappa shape index (κ2) is 6.22. The third kappa shape index (κ3) is 3.38. The summed E-state index contributed by atoms with van der Waals surface area (Å²) >= 11 is 0. The number of anilines is 1. The van der Waals surface area contributed by atoms with Crippen molar-refractivity contribution >= 4 is 11.6 Å². The molecule has 1 heterocycles. The molecule has 5 nitrogen and oxygen atoms in total. The molecule has 0 fully saturated rings. The van der Waals surface area contributed by atoms with E-state index < -0.39 is 0 Å². The Balaban J connectivity index is 1.66. The van der Waals surface area contributed by atoms with Gasteiger partial charge in [-0.05, 0) is 19.1 Å². The third-order valence-corrected chi connectivity index (χ3v) is 3.25. The Morgan fingerprint density at radius 1 is 1.09 bits per heavy atom. The number of aromatic nitrogens is 3. The van der Waals surface area contributed by atoms with E-state index in [1.165, 1.54) is 10.2 Å². The van der Waals surface area contributed by atoms with Gasteiger partial charge in [-0.25, -0.2) is 4.68 Å². The first-order chi connectivity index (χ1) is 10.7. The molecule has 5 heteroatoms. The van der Waals surface area contributed by atoms with Gasteiger partial charge < -0.3 is 5.32 Å². The van der Waals surface area contributed by atoms with Gasteiger partial charge in [-0.2, -0.15) is 0 Å². The maximum absolute atomic E-state index is 12.0. The Morgan fingerprint density at radius 2 is 1.82 bits per heavy atom. The fourth-order valence-electron chi connectivity index (χ4n) is 2.10. The highest BCUT2D eigenvalue weighted by molar-refractivity contribution is 5.90. The second-order valence-corrected chi connectivity index (χ2v) is 5.08. The van der Waals surface area contributed by atoms with E-state index in [0.717, 1.165) is 16.9 Å². The maximum atomic E-state index is 12.0. The fraction of sp³-hybridized carbons (Fsp3) is 0.118. The second-order valence-electron chi connectivity index (χ2n) is 5.08. The van der Waals surface area contributed by atoms with Crippen LogP contribution in [-0.4, -0.2) is 20.9 Å². The summed E-state index contributed by atoms with van der Waals surface area (Å²) < 4.78 is 1.54. The minimum Gasteiger partial charge on any atom is -0.324 e. The van der Waals surface area contributed by atoms with Crippen LogP contribution in [0, 0.1) is 6.92 Å². The number of nitrogens with one attached hydrogen (secondary N) is 1. The summed E-state index contributed by atoms with van der Waals surface area (Å²) in [5.74, 6) is -0.133. The van der Waals surface area contributed by atoms with E-state index in [-0.39, 0.29) is 12.5 Å². The Hall–Kier alpha value is -2.95. The van der Waals surface area contributed by atoms with E-state index in [0.29, 0.717) is 0 Å². The average molecular weight is 292 g/mol. The summed E-state index contributed by atoms with van der Waals surface area (Å²) in [6, 6.07) is 17.4. The highest BCUT2D eigenvalue weighted by Crippen LogP contribution is 2.16. The zero-order valence-electron chi connectivity index (χ0n) is 12.2. The van der Waals surface area contributed by atoms with Gasteiger partial charge in [-0.3, -0.25) is 4.79 Å². The zero-order valence-corrected chi connectivity index (χ0v) is 12.2. The Bertz CT molecular complexity index is 763.